The van der Waals surface area contributed by atoms with Crippen LogP contribution in [0, 0.1) is 6.92 Å². The minimum absolute atomic E-state index is 0.0359. The minimum Gasteiger partial charge on any atom is -0.395 e. The summed E-state index contributed by atoms with van der Waals surface area (Å²) in [6, 6.07) is 0. The average Bonchev–Trinajstić information content (AvgIpc) is 2.14. The van der Waals surface area contributed by atoms with Gasteiger partial charge in [0, 0.05) is 18.8 Å². The molecule has 0 saturated carbocycles. The predicted molar refractivity (Wildman–Crippen MR) is 57.4 cm³/mol. The molecule has 1 aromatic rings. The molecule has 0 unspecified atom stereocenters. The highest BCUT2D eigenvalue weighted by molar-refractivity contribution is 5.47. The van der Waals surface area contributed by atoms with Crippen LogP contribution in [0.1, 0.15) is 12.6 Å². The quantitative estimate of drug-likeness (QED) is 0.610. The van der Waals surface area contributed by atoms with E-state index in [4.69, 9.17) is 5.11 Å². The fraction of sp³-hybridized carbons (Fsp3) is 0.556. The van der Waals surface area contributed by atoms with Crippen LogP contribution in [0.25, 0.3) is 0 Å². The van der Waals surface area contributed by atoms with Gasteiger partial charge in [-0.25, -0.2) is 4.79 Å². The lowest BCUT2D eigenvalue weighted by atomic mass is 10.3. The summed E-state index contributed by atoms with van der Waals surface area (Å²) in [6.45, 7) is 4.46. The molecule has 0 bridgehead atoms. The van der Waals surface area contributed by atoms with E-state index in [1.807, 2.05) is 6.92 Å². The van der Waals surface area contributed by atoms with E-state index in [0.29, 0.717) is 24.5 Å². The van der Waals surface area contributed by atoms with Gasteiger partial charge in [-0.2, -0.15) is 0 Å². The summed E-state index contributed by atoms with van der Waals surface area (Å²) >= 11 is 0. The largest absolute Gasteiger partial charge is 0.395 e. The van der Waals surface area contributed by atoms with E-state index in [2.05, 4.69) is 9.97 Å². The summed E-state index contributed by atoms with van der Waals surface area (Å²) in [4.78, 5) is 28.9. The fourth-order valence-corrected chi connectivity index (χ4v) is 1.52. The van der Waals surface area contributed by atoms with Crippen LogP contribution < -0.4 is 16.1 Å². The maximum atomic E-state index is 11.5. The third-order valence-corrected chi connectivity index (χ3v) is 2.17. The molecule has 15 heavy (non-hydrogen) atoms. The maximum absolute atomic E-state index is 11.5. The van der Waals surface area contributed by atoms with E-state index in [9.17, 15) is 9.59 Å². The van der Waals surface area contributed by atoms with E-state index >= 15 is 0 Å². The monoisotopic (exact) mass is 213 g/mol. The van der Waals surface area contributed by atoms with Crippen molar-refractivity contribution in [1.29, 1.82) is 0 Å². The standard InChI is InChI=1S/C9H15N3O3/c1-3-12(4-5-13)7-6(2)10-9(15)11-8(7)14/h13H,3-5H2,1-2H3,(H2,10,11,14,15). The molecule has 0 saturated heterocycles. The molecule has 0 aromatic carbocycles. The number of hydrogen-bond acceptors (Lipinski definition) is 4. The summed E-state index contributed by atoms with van der Waals surface area (Å²) < 4.78 is 0. The normalized spacial score (nSPS) is 10.3. The highest BCUT2D eigenvalue weighted by Crippen LogP contribution is 2.09. The number of rotatable bonds is 4. The molecule has 0 radical (unpaired) electrons. The molecule has 0 fully saturated rings. The van der Waals surface area contributed by atoms with Gasteiger partial charge in [0.25, 0.3) is 5.56 Å². The summed E-state index contributed by atoms with van der Waals surface area (Å²) in [7, 11) is 0. The Bertz CT molecular complexity index is 435. The lowest BCUT2D eigenvalue weighted by molar-refractivity contribution is 0.302. The van der Waals surface area contributed by atoms with Crippen LogP contribution >= 0.6 is 0 Å². The van der Waals surface area contributed by atoms with Gasteiger partial charge in [-0.1, -0.05) is 0 Å². The second-order valence-electron chi connectivity index (χ2n) is 3.19. The smallest absolute Gasteiger partial charge is 0.326 e. The first-order valence-corrected chi connectivity index (χ1v) is 4.79. The molecular formula is C9H15N3O3. The number of aliphatic hydroxyl groups excluding tert-OH is 1. The van der Waals surface area contributed by atoms with Crippen LogP contribution in [-0.4, -0.2) is 34.8 Å². The number of aryl methyl sites for hydroxylation is 1. The molecule has 1 rings (SSSR count). The molecule has 0 aliphatic rings. The number of nitrogens with one attached hydrogen (secondary N) is 2. The van der Waals surface area contributed by atoms with Crippen molar-refractivity contribution in [2.24, 2.45) is 0 Å². The number of anilines is 1. The van der Waals surface area contributed by atoms with Crippen LogP contribution in [-0.2, 0) is 0 Å². The Balaban J connectivity index is 3.23. The Kier molecular flexibility index (Phi) is 3.68. The van der Waals surface area contributed by atoms with Gasteiger partial charge in [-0.05, 0) is 13.8 Å². The van der Waals surface area contributed by atoms with Crippen molar-refractivity contribution in [1.82, 2.24) is 9.97 Å². The van der Waals surface area contributed by atoms with Crippen LogP contribution in [0.5, 0.6) is 0 Å². The molecule has 0 aliphatic carbocycles. The number of H-pyrrole nitrogens is 2. The molecule has 6 heteroatoms. The molecule has 6 nitrogen and oxygen atoms in total. The number of nitrogens with zero attached hydrogens (tertiary/aromatic N) is 1. The van der Waals surface area contributed by atoms with Crippen LogP contribution in [0.3, 0.4) is 0 Å². The highest BCUT2D eigenvalue weighted by atomic mass is 16.3. The Morgan fingerprint density at radius 1 is 1.33 bits per heavy atom. The average molecular weight is 213 g/mol. The maximum Gasteiger partial charge on any atom is 0.326 e. The molecule has 1 aromatic heterocycles. The predicted octanol–water partition coefficient (Wildman–Crippen LogP) is -0.810. The SMILES string of the molecule is CCN(CCO)c1c(C)[nH]c(=O)[nH]c1=O. The second-order valence-corrected chi connectivity index (χ2v) is 3.19. The van der Waals surface area contributed by atoms with Crippen LogP contribution in [0.15, 0.2) is 9.59 Å². The van der Waals surface area contributed by atoms with Crippen molar-refractivity contribution in [2.75, 3.05) is 24.6 Å². The van der Waals surface area contributed by atoms with E-state index in [1.54, 1.807) is 11.8 Å². The number of hydrogen-bond donors (Lipinski definition) is 3. The van der Waals surface area contributed by atoms with Crippen LogP contribution in [0.4, 0.5) is 5.69 Å². The lowest BCUT2D eigenvalue weighted by Gasteiger charge is -2.21. The first kappa shape index (κ1) is 11.5. The minimum atomic E-state index is -0.513. The zero-order valence-electron chi connectivity index (χ0n) is 8.83. The summed E-state index contributed by atoms with van der Waals surface area (Å²) in [6.07, 6.45) is 0. The zero-order chi connectivity index (χ0) is 11.4. The Hall–Kier alpha value is -1.56. The molecule has 0 amide bonds. The Labute approximate surface area is 86.6 Å². The van der Waals surface area contributed by atoms with E-state index in [0.717, 1.165) is 0 Å². The van der Waals surface area contributed by atoms with Gasteiger partial charge >= 0.3 is 5.69 Å². The van der Waals surface area contributed by atoms with Crippen molar-refractivity contribution in [2.45, 2.75) is 13.8 Å². The zero-order valence-corrected chi connectivity index (χ0v) is 8.83. The van der Waals surface area contributed by atoms with Crippen molar-refractivity contribution >= 4 is 5.69 Å². The summed E-state index contributed by atoms with van der Waals surface area (Å²) in [5.74, 6) is 0. The van der Waals surface area contributed by atoms with E-state index in [1.165, 1.54) is 0 Å². The van der Waals surface area contributed by atoms with Crippen LogP contribution in [0.2, 0.25) is 0 Å². The second kappa shape index (κ2) is 4.79. The molecular weight excluding hydrogens is 198 g/mol. The number of likely N-dealkylation sites (N-methyl/N-ethyl adjacent to an activating group) is 1. The molecule has 3 N–H and O–H groups in total. The number of aromatic nitrogens is 2. The Morgan fingerprint density at radius 2 is 2.00 bits per heavy atom. The first-order chi connectivity index (χ1) is 7.10. The van der Waals surface area contributed by atoms with Crippen molar-refractivity contribution in [3.8, 4) is 0 Å². The van der Waals surface area contributed by atoms with Crippen molar-refractivity contribution in [3.63, 3.8) is 0 Å². The lowest BCUT2D eigenvalue weighted by Crippen LogP contribution is -2.35. The first-order valence-electron chi connectivity index (χ1n) is 4.79. The van der Waals surface area contributed by atoms with Gasteiger partial charge in [0.15, 0.2) is 0 Å². The number of aliphatic hydroxyl groups is 1. The third kappa shape index (κ3) is 2.47. The Morgan fingerprint density at radius 3 is 2.47 bits per heavy atom. The molecule has 1 heterocycles. The summed E-state index contributed by atoms with van der Waals surface area (Å²) in [5.41, 5.74) is -0.0157. The van der Waals surface area contributed by atoms with E-state index in [-0.39, 0.29) is 6.61 Å². The molecule has 84 valence electrons. The molecule has 0 atom stereocenters. The van der Waals surface area contributed by atoms with Gasteiger partial charge in [0.1, 0.15) is 5.69 Å². The molecule has 0 spiro atoms. The van der Waals surface area contributed by atoms with E-state index < -0.39 is 11.2 Å². The summed E-state index contributed by atoms with van der Waals surface area (Å²) in [5, 5.41) is 8.84. The van der Waals surface area contributed by atoms with Crippen molar-refractivity contribution in [3.05, 3.63) is 26.5 Å². The van der Waals surface area contributed by atoms with Crippen molar-refractivity contribution < 1.29 is 5.11 Å². The van der Waals surface area contributed by atoms with Gasteiger partial charge in [-0.3, -0.25) is 9.78 Å². The molecule has 0 aliphatic heterocycles. The van der Waals surface area contributed by atoms with Gasteiger partial charge < -0.3 is 15.0 Å². The highest BCUT2D eigenvalue weighted by Gasteiger charge is 2.12. The van der Waals surface area contributed by atoms with Gasteiger partial charge in [0.05, 0.1) is 6.61 Å². The fourth-order valence-electron chi connectivity index (χ4n) is 1.52. The third-order valence-electron chi connectivity index (χ3n) is 2.17. The van der Waals surface area contributed by atoms with Gasteiger partial charge in [-0.15, -0.1) is 0 Å². The van der Waals surface area contributed by atoms with Gasteiger partial charge in [0.2, 0.25) is 0 Å². The number of aromatic amines is 2. The topological polar surface area (TPSA) is 89.2 Å².